The van der Waals surface area contributed by atoms with Gasteiger partial charge < -0.3 is 14.9 Å². The Balaban J connectivity index is 3.11. The van der Waals surface area contributed by atoms with Gasteiger partial charge in [0.1, 0.15) is 17.6 Å². The van der Waals surface area contributed by atoms with Gasteiger partial charge in [0.25, 0.3) is 0 Å². The van der Waals surface area contributed by atoms with Crippen LogP contribution in [0, 0.1) is 5.82 Å². The van der Waals surface area contributed by atoms with Crippen molar-refractivity contribution < 1.29 is 24.1 Å². The highest BCUT2D eigenvalue weighted by Crippen LogP contribution is 2.29. The zero-order chi connectivity index (χ0) is 14.4. The van der Waals surface area contributed by atoms with Crippen molar-refractivity contribution in [2.24, 2.45) is 0 Å². The van der Waals surface area contributed by atoms with Gasteiger partial charge in [-0.2, -0.15) is 0 Å². The molecule has 0 saturated carbocycles. The summed E-state index contributed by atoms with van der Waals surface area (Å²) < 4.78 is 18.4. The van der Waals surface area contributed by atoms with E-state index in [1.165, 1.54) is 24.1 Å². The Morgan fingerprint density at radius 2 is 2.21 bits per heavy atom. The first-order valence-corrected chi connectivity index (χ1v) is 5.88. The van der Waals surface area contributed by atoms with Crippen LogP contribution in [0.5, 0.6) is 5.75 Å². The van der Waals surface area contributed by atoms with E-state index in [9.17, 15) is 14.3 Å². The lowest BCUT2D eigenvalue weighted by molar-refractivity contribution is -0.143. The average Bonchev–Trinajstić information content (AvgIpc) is 2.36. The van der Waals surface area contributed by atoms with Gasteiger partial charge in [-0.15, -0.1) is 0 Å². The molecule has 0 aliphatic heterocycles. The predicted molar refractivity (Wildman–Crippen MR) is 67.7 cm³/mol. The highest BCUT2D eigenvalue weighted by molar-refractivity contribution is 5.76. The fraction of sp³-hybridized carbons (Fsp3) is 0.462. The molecule has 0 aromatic heterocycles. The Kier molecular flexibility index (Phi) is 5.72. The van der Waals surface area contributed by atoms with Gasteiger partial charge in [-0.25, -0.2) is 4.39 Å². The molecule has 6 heteroatoms. The molecule has 1 unspecified atom stereocenters. The van der Waals surface area contributed by atoms with Gasteiger partial charge in [0.05, 0.1) is 7.11 Å². The summed E-state index contributed by atoms with van der Waals surface area (Å²) in [6.07, 6.45) is 0.442. The first-order chi connectivity index (χ1) is 9.01. The lowest BCUT2D eigenvalue weighted by atomic mass is 10.0. The van der Waals surface area contributed by atoms with Crippen molar-refractivity contribution in [3.8, 4) is 5.75 Å². The quantitative estimate of drug-likeness (QED) is 0.781. The van der Waals surface area contributed by atoms with Crippen LogP contribution >= 0.6 is 0 Å². The maximum Gasteiger partial charge on any atom is 0.325 e. The van der Waals surface area contributed by atoms with E-state index < -0.39 is 17.8 Å². The summed E-state index contributed by atoms with van der Waals surface area (Å²) in [7, 11) is 3.02. The van der Waals surface area contributed by atoms with E-state index in [2.05, 4.69) is 0 Å². The van der Waals surface area contributed by atoms with E-state index in [-0.39, 0.29) is 12.2 Å². The molecule has 19 heavy (non-hydrogen) atoms. The Morgan fingerprint density at radius 1 is 1.53 bits per heavy atom. The molecule has 1 aromatic rings. The number of likely N-dealkylation sites (N-methyl/N-ethyl adjacent to an activating group) is 1. The van der Waals surface area contributed by atoms with Crippen LogP contribution in [-0.2, 0) is 4.79 Å². The smallest absolute Gasteiger partial charge is 0.325 e. The maximum absolute atomic E-state index is 13.3. The first kappa shape index (κ1) is 15.4. The lowest BCUT2D eigenvalue weighted by Gasteiger charge is -2.26. The van der Waals surface area contributed by atoms with E-state index in [0.717, 1.165) is 6.07 Å². The molecule has 1 rings (SSSR count). The number of benzene rings is 1. The zero-order valence-electron chi connectivity index (χ0n) is 11.0. The molecule has 5 nitrogen and oxygen atoms in total. The number of hydrogen-bond donors (Lipinski definition) is 2. The second-order valence-corrected chi connectivity index (χ2v) is 4.18. The number of nitrogens with zero attached hydrogens (tertiary/aromatic N) is 1. The minimum Gasteiger partial charge on any atom is -0.496 e. The molecule has 0 heterocycles. The molecule has 0 amide bonds. The van der Waals surface area contributed by atoms with Gasteiger partial charge in [0, 0.05) is 18.7 Å². The molecule has 2 N–H and O–H groups in total. The van der Waals surface area contributed by atoms with Crippen molar-refractivity contribution >= 4 is 5.97 Å². The number of carboxylic acids is 1. The van der Waals surface area contributed by atoms with Crippen LogP contribution in [0.2, 0.25) is 0 Å². The number of aliphatic hydroxyl groups is 1. The van der Waals surface area contributed by atoms with Crippen molar-refractivity contribution in [2.75, 3.05) is 27.3 Å². The van der Waals surface area contributed by atoms with Gasteiger partial charge in [-0.05, 0) is 31.7 Å². The number of carbonyl (C=O) groups is 1. The topological polar surface area (TPSA) is 70.0 Å². The number of aliphatic hydroxyl groups excluding tert-OH is 1. The largest absolute Gasteiger partial charge is 0.496 e. The molecule has 1 aromatic carbocycles. The van der Waals surface area contributed by atoms with E-state index in [1.54, 1.807) is 7.05 Å². The molecule has 0 bridgehead atoms. The Bertz CT molecular complexity index is 439. The molecule has 106 valence electrons. The van der Waals surface area contributed by atoms with Gasteiger partial charge >= 0.3 is 5.97 Å². The van der Waals surface area contributed by atoms with Gasteiger partial charge in [0.15, 0.2) is 0 Å². The van der Waals surface area contributed by atoms with E-state index in [4.69, 9.17) is 9.84 Å². The van der Waals surface area contributed by atoms with Crippen molar-refractivity contribution in [3.63, 3.8) is 0 Å². The first-order valence-electron chi connectivity index (χ1n) is 5.88. The number of methoxy groups -OCH3 is 1. The number of carboxylic acid groups (broad SMARTS) is 1. The van der Waals surface area contributed by atoms with E-state index in [0.29, 0.717) is 18.7 Å². The molecule has 0 radical (unpaired) electrons. The minimum atomic E-state index is -1.09. The number of rotatable bonds is 7. The van der Waals surface area contributed by atoms with E-state index in [1.807, 2.05) is 0 Å². The summed E-state index contributed by atoms with van der Waals surface area (Å²) in [5.74, 6) is -1.29. The summed E-state index contributed by atoms with van der Waals surface area (Å²) in [5, 5.41) is 18.1. The number of hydrogen-bond acceptors (Lipinski definition) is 4. The Hall–Kier alpha value is -1.66. The van der Waals surface area contributed by atoms with Crippen LogP contribution in [0.25, 0.3) is 0 Å². The van der Waals surface area contributed by atoms with Crippen LogP contribution in [0.15, 0.2) is 18.2 Å². The number of ether oxygens (including phenoxy) is 1. The second kappa shape index (κ2) is 7.06. The van der Waals surface area contributed by atoms with Crippen LogP contribution in [0.1, 0.15) is 18.0 Å². The molecular weight excluding hydrogens is 253 g/mol. The molecule has 0 spiro atoms. The van der Waals surface area contributed by atoms with Crippen LogP contribution in [-0.4, -0.2) is 48.4 Å². The lowest BCUT2D eigenvalue weighted by Crippen LogP contribution is -2.32. The van der Waals surface area contributed by atoms with E-state index >= 15 is 0 Å². The molecule has 0 fully saturated rings. The third-order valence-electron chi connectivity index (χ3n) is 2.83. The van der Waals surface area contributed by atoms with Crippen LogP contribution < -0.4 is 4.74 Å². The molecule has 0 aliphatic carbocycles. The monoisotopic (exact) mass is 271 g/mol. The zero-order valence-corrected chi connectivity index (χ0v) is 11.0. The summed E-state index contributed by atoms with van der Waals surface area (Å²) >= 11 is 0. The van der Waals surface area contributed by atoms with Crippen molar-refractivity contribution in [2.45, 2.75) is 12.5 Å². The van der Waals surface area contributed by atoms with Crippen molar-refractivity contribution in [3.05, 3.63) is 29.6 Å². The van der Waals surface area contributed by atoms with Crippen molar-refractivity contribution in [1.29, 1.82) is 0 Å². The standard InChI is InChI=1S/C13H18FNO4/c1-15(6-3-7-16)12(13(17)18)10-8-9(14)4-5-11(10)19-2/h4-5,8,12,16H,3,6-7H2,1-2H3,(H,17,18). The number of aliphatic carboxylic acids is 1. The molecular formula is C13H18FNO4. The van der Waals surface area contributed by atoms with Crippen molar-refractivity contribution in [1.82, 2.24) is 4.90 Å². The van der Waals surface area contributed by atoms with Crippen LogP contribution in [0.3, 0.4) is 0 Å². The fourth-order valence-corrected chi connectivity index (χ4v) is 1.93. The highest BCUT2D eigenvalue weighted by atomic mass is 19.1. The molecule has 1 atom stereocenters. The van der Waals surface area contributed by atoms with Gasteiger partial charge in [0.2, 0.25) is 0 Å². The third-order valence-corrected chi connectivity index (χ3v) is 2.83. The Labute approximate surface area is 111 Å². The predicted octanol–water partition coefficient (Wildman–Crippen LogP) is 1.27. The third kappa shape index (κ3) is 3.90. The summed E-state index contributed by atoms with van der Waals surface area (Å²) in [4.78, 5) is 12.9. The Morgan fingerprint density at radius 3 is 2.74 bits per heavy atom. The molecule has 0 saturated heterocycles. The molecule has 0 aliphatic rings. The minimum absolute atomic E-state index is 0.0308. The van der Waals surface area contributed by atoms with Gasteiger partial charge in [-0.3, -0.25) is 9.69 Å². The fourth-order valence-electron chi connectivity index (χ4n) is 1.93. The van der Waals surface area contributed by atoms with Gasteiger partial charge in [-0.1, -0.05) is 0 Å². The second-order valence-electron chi connectivity index (χ2n) is 4.18. The number of halogens is 1. The summed E-state index contributed by atoms with van der Waals surface area (Å²) in [6, 6.07) is 2.76. The summed E-state index contributed by atoms with van der Waals surface area (Å²) in [5.41, 5.74) is 0.260. The highest BCUT2D eigenvalue weighted by Gasteiger charge is 2.27. The SMILES string of the molecule is COc1ccc(F)cc1C(C(=O)O)N(C)CCCO. The normalized spacial score (nSPS) is 12.5. The van der Waals surface area contributed by atoms with Crippen LogP contribution in [0.4, 0.5) is 4.39 Å². The summed E-state index contributed by atoms with van der Waals surface area (Å²) in [6.45, 7) is 0.351. The maximum atomic E-state index is 13.3. The average molecular weight is 271 g/mol.